The van der Waals surface area contributed by atoms with E-state index in [9.17, 15) is 22.8 Å². The number of alkyl halides is 3. The van der Waals surface area contributed by atoms with Crippen LogP contribution in [0.2, 0.25) is 5.02 Å². The van der Waals surface area contributed by atoms with E-state index < -0.39 is 18.1 Å². The molecule has 204 valence electrons. The largest absolute Gasteiger partial charge is 0.573 e. The predicted molar refractivity (Wildman–Crippen MR) is 141 cm³/mol. The number of aromatic nitrogens is 1. The SMILES string of the molecule is Cc1c(C(=O)c2ccc(Cl)cc2)c2ccc(OC(F)(F)F)cc2n1Cc1cccc(OC(C)CCC(=O)O)c1. The summed E-state index contributed by atoms with van der Waals surface area (Å²) in [5, 5.41) is 9.85. The van der Waals surface area contributed by atoms with Gasteiger partial charge in [0.25, 0.3) is 0 Å². The summed E-state index contributed by atoms with van der Waals surface area (Å²) in [6.07, 6.45) is -4.90. The number of carbonyl (C=O) groups is 2. The van der Waals surface area contributed by atoms with Crippen LogP contribution in [-0.4, -0.2) is 33.9 Å². The number of fused-ring (bicyclic) bond motifs is 1. The molecule has 0 saturated heterocycles. The first-order valence-corrected chi connectivity index (χ1v) is 12.5. The second-order valence-electron chi connectivity index (χ2n) is 9.12. The van der Waals surface area contributed by atoms with Crippen molar-refractivity contribution in [1.29, 1.82) is 0 Å². The molecule has 1 aromatic heterocycles. The Morgan fingerprint density at radius 3 is 2.41 bits per heavy atom. The summed E-state index contributed by atoms with van der Waals surface area (Å²) < 4.78 is 50.7. The number of hydrogen-bond donors (Lipinski definition) is 1. The van der Waals surface area contributed by atoms with E-state index in [1.54, 1.807) is 60.9 Å². The molecule has 1 unspecified atom stereocenters. The van der Waals surface area contributed by atoms with Crippen molar-refractivity contribution in [3.05, 3.63) is 94.1 Å². The molecule has 0 aliphatic heterocycles. The molecule has 0 aliphatic rings. The van der Waals surface area contributed by atoms with Crippen LogP contribution in [-0.2, 0) is 11.3 Å². The number of aliphatic carboxylic acids is 1. The highest BCUT2D eigenvalue weighted by Crippen LogP contribution is 2.34. The summed E-state index contributed by atoms with van der Waals surface area (Å²) in [5.41, 5.74) is 2.48. The maximum atomic E-state index is 13.5. The predicted octanol–water partition coefficient (Wildman–Crippen LogP) is 7.41. The Labute approximate surface area is 227 Å². The number of carboxylic acid groups (broad SMARTS) is 1. The molecule has 3 aromatic carbocycles. The average Bonchev–Trinajstić information content (AvgIpc) is 3.12. The summed E-state index contributed by atoms with van der Waals surface area (Å²) in [4.78, 5) is 24.4. The Kier molecular flexibility index (Phi) is 8.20. The first kappa shape index (κ1) is 28.0. The van der Waals surface area contributed by atoms with Gasteiger partial charge >= 0.3 is 12.3 Å². The number of ether oxygens (including phenoxy) is 2. The van der Waals surface area contributed by atoms with Crippen LogP contribution in [0.25, 0.3) is 10.9 Å². The number of benzene rings is 3. The van der Waals surface area contributed by atoms with E-state index in [-0.39, 0.29) is 24.9 Å². The Morgan fingerprint density at radius 1 is 1.03 bits per heavy atom. The molecule has 6 nitrogen and oxygen atoms in total. The Bertz CT molecular complexity index is 1510. The minimum atomic E-state index is -4.87. The van der Waals surface area contributed by atoms with Gasteiger partial charge in [-0.05, 0) is 74.4 Å². The summed E-state index contributed by atoms with van der Waals surface area (Å²) in [5.74, 6) is -1.07. The van der Waals surface area contributed by atoms with E-state index in [0.29, 0.717) is 44.9 Å². The van der Waals surface area contributed by atoms with E-state index >= 15 is 0 Å². The zero-order valence-electron chi connectivity index (χ0n) is 21.1. The van der Waals surface area contributed by atoms with Crippen molar-refractivity contribution in [2.45, 2.75) is 45.7 Å². The highest BCUT2D eigenvalue weighted by atomic mass is 35.5. The fraction of sp³-hybridized carbons (Fsp3) is 0.241. The summed E-state index contributed by atoms with van der Waals surface area (Å²) in [7, 11) is 0. The second-order valence-corrected chi connectivity index (χ2v) is 9.55. The normalized spacial score (nSPS) is 12.4. The van der Waals surface area contributed by atoms with E-state index in [2.05, 4.69) is 4.74 Å². The molecule has 0 fully saturated rings. The number of rotatable bonds is 10. The van der Waals surface area contributed by atoms with Gasteiger partial charge in [0, 0.05) is 40.7 Å². The van der Waals surface area contributed by atoms with Crippen LogP contribution in [0.3, 0.4) is 0 Å². The highest BCUT2D eigenvalue weighted by Gasteiger charge is 2.31. The van der Waals surface area contributed by atoms with Crippen molar-refractivity contribution < 1.29 is 37.3 Å². The maximum Gasteiger partial charge on any atom is 0.573 e. The van der Waals surface area contributed by atoms with E-state index in [1.807, 2.05) is 6.07 Å². The number of halogens is 4. The number of ketones is 1. The molecule has 1 heterocycles. The number of nitrogens with zero attached hydrogens (tertiary/aromatic N) is 1. The third-order valence-corrected chi connectivity index (χ3v) is 6.46. The summed E-state index contributed by atoms with van der Waals surface area (Å²) in [6, 6.07) is 17.4. The minimum absolute atomic E-state index is 0.0256. The molecule has 0 radical (unpaired) electrons. The van der Waals surface area contributed by atoms with Crippen molar-refractivity contribution in [2.24, 2.45) is 0 Å². The van der Waals surface area contributed by atoms with Gasteiger partial charge < -0.3 is 19.1 Å². The van der Waals surface area contributed by atoms with Crippen LogP contribution in [0.1, 0.15) is 46.9 Å². The second kappa shape index (κ2) is 11.4. The van der Waals surface area contributed by atoms with Gasteiger partial charge in [0.2, 0.25) is 0 Å². The van der Waals surface area contributed by atoms with Crippen molar-refractivity contribution in [2.75, 3.05) is 0 Å². The van der Waals surface area contributed by atoms with Gasteiger partial charge in [-0.25, -0.2) is 0 Å². The lowest BCUT2D eigenvalue weighted by molar-refractivity contribution is -0.274. The minimum Gasteiger partial charge on any atom is -0.491 e. The van der Waals surface area contributed by atoms with E-state index in [1.165, 1.54) is 18.2 Å². The van der Waals surface area contributed by atoms with Crippen LogP contribution < -0.4 is 9.47 Å². The molecular weight excluding hydrogens is 535 g/mol. The molecule has 4 aromatic rings. The van der Waals surface area contributed by atoms with Crippen molar-refractivity contribution >= 4 is 34.3 Å². The van der Waals surface area contributed by atoms with E-state index in [4.69, 9.17) is 21.4 Å². The van der Waals surface area contributed by atoms with Gasteiger partial charge in [0.15, 0.2) is 5.78 Å². The molecule has 0 saturated carbocycles. The van der Waals surface area contributed by atoms with Crippen LogP contribution in [0.5, 0.6) is 11.5 Å². The molecule has 4 rings (SSSR count). The number of hydrogen-bond acceptors (Lipinski definition) is 4. The quantitative estimate of drug-likeness (QED) is 0.205. The Balaban J connectivity index is 1.74. The lowest BCUT2D eigenvalue weighted by Gasteiger charge is -2.15. The third-order valence-electron chi connectivity index (χ3n) is 6.20. The van der Waals surface area contributed by atoms with Gasteiger partial charge in [0.05, 0.1) is 17.2 Å². The lowest BCUT2D eigenvalue weighted by Crippen LogP contribution is -2.17. The molecule has 0 spiro atoms. The number of carboxylic acids is 1. The number of carbonyl (C=O) groups excluding carboxylic acids is 1. The molecular formula is C29H25ClF3NO5. The van der Waals surface area contributed by atoms with Crippen LogP contribution >= 0.6 is 11.6 Å². The Morgan fingerprint density at radius 2 is 1.74 bits per heavy atom. The average molecular weight is 560 g/mol. The molecule has 39 heavy (non-hydrogen) atoms. The molecule has 0 aliphatic carbocycles. The van der Waals surface area contributed by atoms with Crippen LogP contribution in [0.15, 0.2) is 66.7 Å². The first-order valence-electron chi connectivity index (χ1n) is 12.1. The molecule has 0 bridgehead atoms. The molecule has 10 heteroatoms. The van der Waals surface area contributed by atoms with E-state index in [0.717, 1.165) is 5.56 Å². The smallest absolute Gasteiger partial charge is 0.491 e. The maximum absolute atomic E-state index is 13.5. The Hall–Kier alpha value is -3.98. The first-order chi connectivity index (χ1) is 18.4. The zero-order valence-corrected chi connectivity index (χ0v) is 21.8. The van der Waals surface area contributed by atoms with Crippen LogP contribution in [0, 0.1) is 6.92 Å². The molecule has 1 atom stereocenters. The van der Waals surface area contributed by atoms with Gasteiger partial charge in [0.1, 0.15) is 11.5 Å². The van der Waals surface area contributed by atoms with Crippen molar-refractivity contribution in [3.63, 3.8) is 0 Å². The van der Waals surface area contributed by atoms with Crippen LogP contribution in [0.4, 0.5) is 13.2 Å². The topological polar surface area (TPSA) is 77.8 Å². The standard InChI is InChI=1S/C29H25ClF3NO5/c1-17(6-13-26(35)36)38-22-5-3-4-19(14-22)16-34-18(2)27(28(37)20-7-9-21(30)10-8-20)24-12-11-23(15-25(24)34)39-29(31,32)33/h3-5,7-12,14-15,17H,6,13,16H2,1-2H3,(H,35,36). The van der Waals surface area contributed by atoms with Gasteiger partial charge in [-0.15, -0.1) is 13.2 Å². The lowest BCUT2D eigenvalue weighted by atomic mass is 10.0. The highest BCUT2D eigenvalue weighted by molar-refractivity contribution is 6.30. The molecule has 0 amide bonds. The fourth-order valence-corrected chi connectivity index (χ4v) is 4.53. The van der Waals surface area contributed by atoms with Gasteiger partial charge in [-0.2, -0.15) is 0 Å². The summed E-state index contributed by atoms with van der Waals surface area (Å²) >= 11 is 5.97. The van der Waals surface area contributed by atoms with Gasteiger partial charge in [-0.1, -0.05) is 23.7 Å². The monoisotopic (exact) mass is 559 g/mol. The fourth-order valence-electron chi connectivity index (χ4n) is 4.41. The zero-order chi connectivity index (χ0) is 28.3. The van der Waals surface area contributed by atoms with Crippen molar-refractivity contribution in [3.8, 4) is 11.5 Å². The van der Waals surface area contributed by atoms with Crippen molar-refractivity contribution in [1.82, 2.24) is 4.57 Å². The summed E-state index contributed by atoms with van der Waals surface area (Å²) in [6.45, 7) is 3.74. The molecule has 1 N–H and O–H groups in total. The van der Waals surface area contributed by atoms with Gasteiger partial charge in [-0.3, -0.25) is 9.59 Å². The third kappa shape index (κ3) is 6.92.